The summed E-state index contributed by atoms with van der Waals surface area (Å²) >= 11 is 0. The molecule has 0 bridgehead atoms. The summed E-state index contributed by atoms with van der Waals surface area (Å²) in [5, 5.41) is 4.00. The molecule has 0 fully saturated rings. The summed E-state index contributed by atoms with van der Waals surface area (Å²) in [4.78, 5) is 15.5. The average molecular weight is 233 g/mol. The van der Waals surface area contributed by atoms with Crippen LogP contribution in [-0.2, 0) is 13.5 Å². The van der Waals surface area contributed by atoms with E-state index in [1.54, 1.807) is 10.9 Å². The number of rotatable bonds is 4. The average Bonchev–Trinajstić information content (AvgIpc) is 2.73. The fraction of sp³-hybridized carbons (Fsp3) is 0.250. The summed E-state index contributed by atoms with van der Waals surface area (Å²) in [6, 6.07) is 2.71. The van der Waals surface area contributed by atoms with Crippen LogP contribution in [0.15, 0.2) is 30.7 Å². The molecule has 2 heterocycles. The van der Waals surface area contributed by atoms with Gasteiger partial charge in [-0.25, -0.2) is 4.39 Å². The molecule has 0 aliphatic rings. The lowest BCUT2D eigenvalue weighted by molar-refractivity contribution is 0.0973. The van der Waals surface area contributed by atoms with Crippen molar-refractivity contribution in [1.29, 1.82) is 0 Å². The Balaban J connectivity index is 2.01. The van der Waals surface area contributed by atoms with Crippen molar-refractivity contribution in [2.45, 2.75) is 12.8 Å². The van der Waals surface area contributed by atoms with Crippen LogP contribution >= 0.6 is 0 Å². The lowest BCUT2D eigenvalue weighted by atomic mass is 10.1. The summed E-state index contributed by atoms with van der Waals surface area (Å²) in [6.45, 7) is 0. The Kier molecular flexibility index (Phi) is 3.27. The number of halogens is 1. The molecule has 0 atom stereocenters. The molecule has 17 heavy (non-hydrogen) atoms. The number of aromatic nitrogens is 3. The number of nitrogens with zero attached hydrogens (tertiary/aromatic N) is 3. The van der Waals surface area contributed by atoms with Crippen molar-refractivity contribution in [3.05, 3.63) is 47.8 Å². The second-order valence-electron chi connectivity index (χ2n) is 3.78. The minimum atomic E-state index is -0.566. The maximum atomic E-state index is 13.3. The number of pyridine rings is 1. The molecule has 88 valence electrons. The van der Waals surface area contributed by atoms with Gasteiger partial charge in [-0.15, -0.1) is 0 Å². The molecule has 4 nitrogen and oxygen atoms in total. The standard InChI is InChI=1S/C12H12FN3O/c1-16-8-9(7-15-16)4-5-11(17)12-10(13)3-2-6-14-12/h2-3,6-8H,4-5H2,1H3. The Morgan fingerprint density at radius 1 is 1.53 bits per heavy atom. The molecule has 5 heteroatoms. The number of carbonyl (C=O) groups is 1. The highest BCUT2D eigenvalue weighted by molar-refractivity contribution is 5.94. The minimum absolute atomic E-state index is 0.0867. The van der Waals surface area contributed by atoms with Gasteiger partial charge in [0.2, 0.25) is 0 Å². The predicted molar refractivity (Wildman–Crippen MR) is 60.1 cm³/mol. The first-order chi connectivity index (χ1) is 8.16. The zero-order valence-electron chi connectivity index (χ0n) is 9.43. The Bertz CT molecular complexity index is 536. The molecule has 0 amide bonds. The number of aryl methyl sites for hydroxylation is 2. The van der Waals surface area contributed by atoms with Crippen LogP contribution in [0.4, 0.5) is 4.39 Å². The number of Topliss-reactive ketones (excluding diaryl/α,β-unsaturated/α-hetero) is 1. The molecule has 2 aromatic heterocycles. The molecule has 0 radical (unpaired) electrons. The number of hydrogen-bond donors (Lipinski definition) is 0. The van der Waals surface area contributed by atoms with Gasteiger partial charge in [-0.05, 0) is 24.1 Å². The zero-order chi connectivity index (χ0) is 12.3. The van der Waals surface area contributed by atoms with Gasteiger partial charge in [-0.1, -0.05) is 0 Å². The van der Waals surface area contributed by atoms with Crippen LogP contribution in [0.25, 0.3) is 0 Å². The Morgan fingerprint density at radius 2 is 2.35 bits per heavy atom. The third-order valence-electron chi connectivity index (χ3n) is 2.42. The Morgan fingerprint density at radius 3 is 3.00 bits per heavy atom. The molecule has 0 saturated carbocycles. The maximum Gasteiger partial charge on any atom is 0.184 e. The van der Waals surface area contributed by atoms with Crippen molar-refractivity contribution in [1.82, 2.24) is 14.8 Å². The second kappa shape index (κ2) is 4.86. The van der Waals surface area contributed by atoms with Crippen LogP contribution in [0.2, 0.25) is 0 Å². The first kappa shape index (κ1) is 11.4. The fourth-order valence-electron chi connectivity index (χ4n) is 1.57. The van der Waals surface area contributed by atoms with Gasteiger partial charge in [-0.2, -0.15) is 5.10 Å². The van der Waals surface area contributed by atoms with Crippen LogP contribution in [-0.4, -0.2) is 20.5 Å². The SMILES string of the molecule is Cn1cc(CCC(=O)c2ncccc2F)cn1. The van der Waals surface area contributed by atoms with Crippen LogP contribution in [0.3, 0.4) is 0 Å². The monoisotopic (exact) mass is 233 g/mol. The summed E-state index contributed by atoms with van der Waals surface area (Å²) < 4.78 is 14.9. The lowest BCUT2D eigenvalue weighted by Gasteiger charge is -2.00. The van der Waals surface area contributed by atoms with E-state index in [2.05, 4.69) is 10.1 Å². The highest BCUT2D eigenvalue weighted by Crippen LogP contribution is 2.09. The van der Waals surface area contributed by atoms with E-state index in [0.29, 0.717) is 6.42 Å². The Hall–Kier alpha value is -2.04. The third-order valence-corrected chi connectivity index (χ3v) is 2.42. The van der Waals surface area contributed by atoms with Crippen LogP contribution in [0, 0.1) is 5.82 Å². The van der Waals surface area contributed by atoms with E-state index in [1.165, 1.54) is 18.3 Å². The molecule has 0 unspecified atom stereocenters. The van der Waals surface area contributed by atoms with E-state index in [-0.39, 0.29) is 17.9 Å². The molecule has 0 N–H and O–H groups in total. The smallest absolute Gasteiger partial charge is 0.184 e. The second-order valence-corrected chi connectivity index (χ2v) is 3.78. The highest BCUT2D eigenvalue weighted by atomic mass is 19.1. The fourth-order valence-corrected chi connectivity index (χ4v) is 1.57. The quantitative estimate of drug-likeness (QED) is 0.756. The van der Waals surface area contributed by atoms with E-state index in [0.717, 1.165) is 5.56 Å². The van der Waals surface area contributed by atoms with Crippen molar-refractivity contribution in [3.8, 4) is 0 Å². The van der Waals surface area contributed by atoms with Crippen molar-refractivity contribution in [3.63, 3.8) is 0 Å². The molecule has 2 rings (SSSR count). The van der Waals surface area contributed by atoms with E-state index in [4.69, 9.17) is 0 Å². The predicted octanol–water partition coefficient (Wildman–Crippen LogP) is 1.77. The first-order valence-corrected chi connectivity index (χ1v) is 5.28. The topological polar surface area (TPSA) is 47.8 Å². The van der Waals surface area contributed by atoms with Gasteiger partial charge < -0.3 is 0 Å². The molecule has 0 aliphatic heterocycles. The van der Waals surface area contributed by atoms with Gasteiger partial charge in [0.15, 0.2) is 11.6 Å². The van der Waals surface area contributed by atoms with Crippen LogP contribution < -0.4 is 0 Å². The summed E-state index contributed by atoms with van der Waals surface area (Å²) in [5.74, 6) is -0.851. The Labute approximate surface area is 98.1 Å². The molecule has 0 aliphatic carbocycles. The minimum Gasteiger partial charge on any atom is -0.292 e. The molecule has 2 aromatic rings. The van der Waals surface area contributed by atoms with Crippen molar-refractivity contribution in [2.75, 3.05) is 0 Å². The maximum absolute atomic E-state index is 13.3. The van der Waals surface area contributed by atoms with Crippen molar-refractivity contribution < 1.29 is 9.18 Å². The van der Waals surface area contributed by atoms with E-state index < -0.39 is 5.82 Å². The molecule has 0 saturated heterocycles. The number of ketones is 1. The normalized spacial score (nSPS) is 10.5. The van der Waals surface area contributed by atoms with Gasteiger partial charge in [0.05, 0.1) is 6.20 Å². The van der Waals surface area contributed by atoms with Gasteiger partial charge >= 0.3 is 0 Å². The van der Waals surface area contributed by atoms with Crippen LogP contribution in [0.5, 0.6) is 0 Å². The largest absolute Gasteiger partial charge is 0.292 e. The van der Waals surface area contributed by atoms with Gasteiger partial charge in [0.1, 0.15) is 5.69 Å². The highest BCUT2D eigenvalue weighted by Gasteiger charge is 2.12. The van der Waals surface area contributed by atoms with Crippen molar-refractivity contribution >= 4 is 5.78 Å². The van der Waals surface area contributed by atoms with Gasteiger partial charge in [0, 0.05) is 25.9 Å². The molecular formula is C12H12FN3O. The van der Waals surface area contributed by atoms with Gasteiger partial charge in [-0.3, -0.25) is 14.5 Å². The van der Waals surface area contributed by atoms with Gasteiger partial charge in [0.25, 0.3) is 0 Å². The summed E-state index contributed by atoms with van der Waals surface area (Å²) in [5.41, 5.74) is 0.869. The van der Waals surface area contributed by atoms with Crippen LogP contribution in [0.1, 0.15) is 22.5 Å². The number of carbonyl (C=O) groups excluding carboxylic acids is 1. The van der Waals surface area contributed by atoms with E-state index >= 15 is 0 Å². The molecule has 0 spiro atoms. The molecule has 0 aromatic carbocycles. The zero-order valence-corrected chi connectivity index (χ0v) is 9.43. The lowest BCUT2D eigenvalue weighted by Crippen LogP contribution is -2.06. The van der Waals surface area contributed by atoms with E-state index in [1.807, 2.05) is 13.2 Å². The van der Waals surface area contributed by atoms with E-state index in [9.17, 15) is 9.18 Å². The molecular weight excluding hydrogens is 221 g/mol. The first-order valence-electron chi connectivity index (χ1n) is 5.28. The summed E-state index contributed by atoms with van der Waals surface area (Å²) in [6.07, 6.45) is 5.73. The van der Waals surface area contributed by atoms with Crippen molar-refractivity contribution in [2.24, 2.45) is 7.05 Å². The number of hydrogen-bond acceptors (Lipinski definition) is 3. The summed E-state index contributed by atoms with van der Waals surface area (Å²) in [7, 11) is 1.81. The third kappa shape index (κ3) is 2.75.